The van der Waals surface area contributed by atoms with Crippen LogP contribution in [-0.4, -0.2) is 11.7 Å². The van der Waals surface area contributed by atoms with Crippen LogP contribution in [0.25, 0.3) is 0 Å². The zero-order valence-electron chi connectivity index (χ0n) is 13.2. The van der Waals surface area contributed by atoms with Crippen LogP contribution in [0.5, 0.6) is 5.75 Å². The number of aliphatic hydroxyl groups is 1. The predicted octanol–water partition coefficient (Wildman–Crippen LogP) is 4.88. The summed E-state index contributed by atoms with van der Waals surface area (Å²) in [6, 6.07) is 15.1. The molecule has 2 rings (SSSR count). The highest BCUT2D eigenvalue weighted by molar-refractivity contribution is 9.10. The lowest BCUT2D eigenvalue weighted by Crippen LogP contribution is -2.02. The van der Waals surface area contributed by atoms with Crippen molar-refractivity contribution in [1.29, 1.82) is 0 Å². The van der Waals surface area contributed by atoms with Crippen molar-refractivity contribution < 1.29 is 9.84 Å². The molecule has 0 aliphatic heterocycles. The second kappa shape index (κ2) is 8.57. The summed E-state index contributed by atoms with van der Waals surface area (Å²) in [7, 11) is 0. The lowest BCUT2D eigenvalue weighted by Gasteiger charge is -2.12. The average Bonchev–Trinajstić information content (AvgIpc) is 2.53. The first-order chi connectivity index (χ1) is 11.1. The summed E-state index contributed by atoms with van der Waals surface area (Å²) < 4.78 is 6.67. The Labute approximate surface area is 145 Å². The van der Waals surface area contributed by atoms with Gasteiger partial charge < -0.3 is 9.84 Å². The molecule has 0 spiro atoms. The van der Waals surface area contributed by atoms with Crippen LogP contribution < -0.4 is 4.74 Å². The highest BCUT2D eigenvalue weighted by Crippen LogP contribution is 2.28. The predicted molar refractivity (Wildman–Crippen MR) is 97.3 cm³/mol. The Hall–Kier alpha value is -2.02. The van der Waals surface area contributed by atoms with Crippen molar-refractivity contribution in [2.24, 2.45) is 0 Å². The van der Waals surface area contributed by atoms with E-state index in [1.54, 1.807) is 0 Å². The van der Waals surface area contributed by atoms with Gasteiger partial charge in [-0.3, -0.25) is 0 Å². The molecular weight excluding hydrogens is 352 g/mol. The van der Waals surface area contributed by atoms with Gasteiger partial charge in [-0.15, -0.1) is 0 Å². The van der Waals surface area contributed by atoms with Crippen molar-refractivity contribution in [3.8, 4) is 17.6 Å². The molecule has 118 valence electrons. The van der Waals surface area contributed by atoms with Crippen LogP contribution in [0.15, 0.2) is 64.7 Å². The Morgan fingerprint density at radius 2 is 1.96 bits per heavy atom. The molecule has 2 aromatic carbocycles. The van der Waals surface area contributed by atoms with E-state index in [0.29, 0.717) is 17.9 Å². The molecule has 1 atom stereocenters. The number of rotatable bonds is 4. The van der Waals surface area contributed by atoms with Crippen LogP contribution in [0.3, 0.4) is 0 Å². The fourth-order valence-corrected chi connectivity index (χ4v) is 2.25. The van der Waals surface area contributed by atoms with Crippen molar-refractivity contribution in [2.75, 3.05) is 6.61 Å². The molecule has 0 unspecified atom stereocenters. The molecule has 0 radical (unpaired) electrons. The Kier molecular flexibility index (Phi) is 6.46. The first kappa shape index (κ1) is 17.3. The highest BCUT2D eigenvalue weighted by Gasteiger charge is 2.11. The monoisotopic (exact) mass is 370 g/mol. The minimum Gasteiger partial charge on any atom is -0.489 e. The molecule has 0 bridgehead atoms. The molecule has 3 heteroatoms. The van der Waals surface area contributed by atoms with E-state index < -0.39 is 6.10 Å². The minimum atomic E-state index is -0.898. The number of benzene rings is 2. The second-order valence-electron chi connectivity index (χ2n) is 5.31. The van der Waals surface area contributed by atoms with Gasteiger partial charge >= 0.3 is 0 Å². The van der Waals surface area contributed by atoms with E-state index in [4.69, 9.17) is 4.74 Å². The van der Waals surface area contributed by atoms with Gasteiger partial charge in [0.1, 0.15) is 18.5 Å². The molecular formula is C20H19BrO2. The van der Waals surface area contributed by atoms with E-state index in [1.165, 1.54) is 5.57 Å². The van der Waals surface area contributed by atoms with Gasteiger partial charge in [0, 0.05) is 15.6 Å². The van der Waals surface area contributed by atoms with Crippen molar-refractivity contribution in [3.05, 3.63) is 75.8 Å². The number of aliphatic hydroxyl groups excluding tert-OH is 1. The maximum absolute atomic E-state index is 10.4. The topological polar surface area (TPSA) is 29.5 Å². The summed E-state index contributed by atoms with van der Waals surface area (Å²) in [5, 5.41) is 10.4. The van der Waals surface area contributed by atoms with Crippen LogP contribution in [0.4, 0.5) is 0 Å². The van der Waals surface area contributed by atoms with Gasteiger partial charge in [0.2, 0.25) is 0 Å². The maximum Gasteiger partial charge on any atom is 0.144 e. The van der Waals surface area contributed by atoms with E-state index in [9.17, 15) is 5.11 Å². The molecule has 1 N–H and O–H groups in total. The fourth-order valence-electron chi connectivity index (χ4n) is 1.91. The van der Waals surface area contributed by atoms with Crippen molar-refractivity contribution in [3.63, 3.8) is 0 Å². The molecule has 23 heavy (non-hydrogen) atoms. The van der Waals surface area contributed by atoms with Crippen LogP contribution in [-0.2, 0) is 0 Å². The van der Waals surface area contributed by atoms with Gasteiger partial charge in [-0.25, -0.2) is 0 Å². The molecule has 0 saturated heterocycles. The van der Waals surface area contributed by atoms with Crippen LogP contribution in [0, 0.1) is 11.8 Å². The lowest BCUT2D eigenvalue weighted by atomic mass is 10.1. The van der Waals surface area contributed by atoms with Gasteiger partial charge in [-0.1, -0.05) is 57.6 Å². The van der Waals surface area contributed by atoms with E-state index in [1.807, 2.05) is 68.5 Å². The highest BCUT2D eigenvalue weighted by atomic mass is 79.9. The summed E-state index contributed by atoms with van der Waals surface area (Å²) in [5.74, 6) is 6.48. The minimum absolute atomic E-state index is 0.463. The summed E-state index contributed by atoms with van der Waals surface area (Å²) in [5.41, 5.74) is 2.72. The standard InChI is InChI=1S/C20H19BrO2/c1-15(2)12-13-23-20-14-17(21)9-10-18(20)19(22)11-8-16-6-4-3-5-7-16/h3-7,9-10,12,14,19,22H,13H2,1-2H3/t19-/m1/s1. The van der Waals surface area contributed by atoms with E-state index in [2.05, 4.69) is 27.8 Å². The van der Waals surface area contributed by atoms with Crippen molar-refractivity contribution >= 4 is 15.9 Å². The van der Waals surface area contributed by atoms with Gasteiger partial charge in [0.15, 0.2) is 0 Å². The van der Waals surface area contributed by atoms with Crippen molar-refractivity contribution in [1.82, 2.24) is 0 Å². The van der Waals surface area contributed by atoms with Gasteiger partial charge in [0.05, 0.1) is 0 Å². The van der Waals surface area contributed by atoms with E-state index in [-0.39, 0.29) is 0 Å². The smallest absolute Gasteiger partial charge is 0.144 e. The average molecular weight is 371 g/mol. The van der Waals surface area contributed by atoms with Gasteiger partial charge in [-0.05, 0) is 44.2 Å². The summed E-state index contributed by atoms with van der Waals surface area (Å²) >= 11 is 3.43. The Balaban J connectivity index is 2.21. The lowest BCUT2D eigenvalue weighted by molar-refractivity contribution is 0.230. The van der Waals surface area contributed by atoms with Crippen molar-refractivity contribution in [2.45, 2.75) is 20.0 Å². The normalized spacial score (nSPS) is 11.1. The van der Waals surface area contributed by atoms with Crippen LogP contribution in [0.1, 0.15) is 31.1 Å². The first-order valence-electron chi connectivity index (χ1n) is 7.36. The van der Waals surface area contributed by atoms with E-state index >= 15 is 0 Å². The molecule has 0 fully saturated rings. The third-order valence-electron chi connectivity index (χ3n) is 3.13. The Morgan fingerprint density at radius 1 is 1.22 bits per heavy atom. The van der Waals surface area contributed by atoms with E-state index in [0.717, 1.165) is 10.0 Å². The third kappa shape index (κ3) is 5.59. The number of hydrogen-bond donors (Lipinski definition) is 1. The molecule has 0 aromatic heterocycles. The molecule has 0 aliphatic rings. The summed E-state index contributed by atoms with van der Waals surface area (Å²) in [6.07, 6.45) is 1.09. The van der Waals surface area contributed by atoms with Gasteiger partial charge in [-0.2, -0.15) is 0 Å². The fraction of sp³-hybridized carbons (Fsp3) is 0.200. The maximum atomic E-state index is 10.4. The van der Waals surface area contributed by atoms with Crippen LogP contribution in [0.2, 0.25) is 0 Å². The summed E-state index contributed by atoms with van der Waals surface area (Å²) in [6.45, 7) is 4.50. The first-order valence-corrected chi connectivity index (χ1v) is 8.16. The SMILES string of the molecule is CC(C)=CCOc1cc(Br)ccc1[C@H](O)C#Cc1ccccc1. The molecule has 0 saturated carbocycles. The third-order valence-corrected chi connectivity index (χ3v) is 3.62. The molecule has 0 aliphatic carbocycles. The second-order valence-corrected chi connectivity index (χ2v) is 6.23. The molecule has 2 nitrogen and oxygen atoms in total. The quantitative estimate of drug-likeness (QED) is 0.613. The molecule has 0 amide bonds. The largest absolute Gasteiger partial charge is 0.489 e. The van der Waals surface area contributed by atoms with Gasteiger partial charge in [0.25, 0.3) is 0 Å². The number of ether oxygens (including phenoxy) is 1. The number of halogens is 1. The number of hydrogen-bond acceptors (Lipinski definition) is 2. The number of allylic oxidation sites excluding steroid dienone is 1. The summed E-state index contributed by atoms with van der Waals surface area (Å²) in [4.78, 5) is 0. The zero-order chi connectivity index (χ0) is 16.7. The van der Waals surface area contributed by atoms with Crippen LogP contribution >= 0.6 is 15.9 Å². The molecule has 0 heterocycles. The Bertz CT molecular complexity index is 735. The Morgan fingerprint density at radius 3 is 2.65 bits per heavy atom. The zero-order valence-corrected chi connectivity index (χ0v) is 14.8. The molecule has 2 aromatic rings.